The second-order valence-electron chi connectivity index (χ2n) is 11.9. The predicted molar refractivity (Wildman–Crippen MR) is 178 cm³/mol. The van der Waals surface area contributed by atoms with Crippen LogP contribution in [0.25, 0.3) is 43.6 Å². The van der Waals surface area contributed by atoms with E-state index in [4.69, 9.17) is 4.74 Å². The van der Waals surface area contributed by atoms with Gasteiger partial charge in [0.15, 0.2) is 18.2 Å². The van der Waals surface area contributed by atoms with Crippen LogP contribution < -0.4 is 27.0 Å². The number of nitrogens with one attached hydrogen (secondary N) is 1. The van der Waals surface area contributed by atoms with Gasteiger partial charge < -0.3 is 24.0 Å². The average molecular weight is 609 g/mol. The standard InChI is InChI=1S/C18H18N2O3.C17H18N2O3/c1-4-5-19-14(21)6-10(2)12-8-13-11(3)7-15(22)20-9-23-18(16(12)19)17(13)20;1-4-5-19-14(21)7-10(3)12-8-11-9(2)6-13(20)18-15(11)17(22)16(12)19/h6-8H,4-5,9H2,1-3H3;6-8,22H,4-5H2,1-3H3,(H,18,20). The Labute approximate surface area is 257 Å². The Morgan fingerprint density at radius 1 is 0.667 bits per heavy atom. The van der Waals surface area contributed by atoms with Gasteiger partial charge in [-0.2, -0.15) is 0 Å². The van der Waals surface area contributed by atoms with E-state index in [9.17, 15) is 24.3 Å². The van der Waals surface area contributed by atoms with E-state index >= 15 is 0 Å². The topological polar surface area (TPSA) is 128 Å². The maximum atomic E-state index is 12.4. The Hall–Kier alpha value is -5.12. The van der Waals surface area contributed by atoms with Gasteiger partial charge in [0.05, 0.1) is 22.1 Å². The summed E-state index contributed by atoms with van der Waals surface area (Å²) in [5, 5.41) is 14.3. The smallest absolute Gasteiger partial charge is 0.254 e. The lowest BCUT2D eigenvalue weighted by Crippen LogP contribution is -2.20. The highest BCUT2D eigenvalue weighted by Crippen LogP contribution is 2.39. The van der Waals surface area contributed by atoms with Crippen LogP contribution in [0.3, 0.4) is 0 Å². The second-order valence-corrected chi connectivity index (χ2v) is 11.9. The van der Waals surface area contributed by atoms with Crippen LogP contribution in [0.15, 0.2) is 55.6 Å². The number of aromatic nitrogens is 4. The molecule has 0 bridgehead atoms. The molecule has 2 N–H and O–H groups in total. The first-order chi connectivity index (χ1) is 21.5. The Morgan fingerprint density at radius 3 is 1.76 bits per heavy atom. The van der Waals surface area contributed by atoms with Gasteiger partial charge in [-0.3, -0.25) is 23.7 Å². The molecule has 232 valence electrons. The molecule has 0 saturated heterocycles. The fraction of sp³-hybridized carbons (Fsp3) is 0.314. The van der Waals surface area contributed by atoms with Crippen molar-refractivity contribution in [3.8, 4) is 11.5 Å². The summed E-state index contributed by atoms with van der Waals surface area (Å²) in [6.45, 7) is 12.9. The number of pyridine rings is 4. The molecule has 4 aromatic heterocycles. The monoisotopic (exact) mass is 608 g/mol. The van der Waals surface area contributed by atoms with Gasteiger partial charge in [-0.1, -0.05) is 13.8 Å². The third-order valence-corrected chi connectivity index (χ3v) is 8.66. The van der Waals surface area contributed by atoms with Crippen LogP contribution >= 0.6 is 0 Å². The maximum Gasteiger partial charge on any atom is 0.254 e. The van der Waals surface area contributed by atoms with Crippen molar-refractivity contribution in [2.45, 2.75) is 74.2 Å². The third-order valence-electron chi connectivity index (χ3n) is 8.66. The van der Waals surface area contributed by atoms with Crippen LogP contribution in [0.2, 0.25) is 0 Å². The van der Waals surface area contributed by atoms with Crippen molar-refractivity contribution in [3.05, 3.63) is 100 Å². The van der Waals surface area contributed by atoms with E-state index in [-0.39, 0.29) is 34.7 Å². The number of hydrogen-bond acceptors (Lipinski definition) is 6. The number of ether oxygens (including phenoxy) is 1. The minimum atomic E-state index is -0.267. The van der Waals surface area contributed by atoms with Crippen LogP contribution in [-0.2, 0) is 19.8 Å². The number of phenols is 1. The van der Waals surface area contributed by atoms with Crippen molar-refractivity contribution in [1.29, 1.82) is 0 Å². The molecule has 45 heavy (non-hydrogen) atoms. The van der Waals surface area contributed by atoms with E-state index in [1.54, 1.807) is 31.9 Å². The highest BCUT2D eigenvalue weighted by atomic mass is 16.5. The SMILES string of the molecule is CCCn1c(=O)cc(C)c2cc3c(C)cc(=O)[nH]c3c(O)c21.CCCn1c(=O)cc(C)c2cc3c(C)cc(=O)n4c3c(c21)OC4. The number of hydrogen-bond donors (Lipinski definition) is 2. The van der Waals surface area contributed by atoms with Crippen molar-refractivity contribution in [2.75, 3.05) is 0 Å². The van der Waals surface area contributed by atoms with Crippen LogP contribution in [0, 0.1) is 27.7 Å². The summed E-state index contributed by atoms with van der Waals surface area (Å²) in [4.78, 5) is 51.3. The number of phenolic OH excluding ortho intramolecular Hbond substituents is 1. The molecule has 5 heterocycles. The summed E-state index contributed by atoms with van der Waals surface area (Å²) >= 11 is 0. The fourth-order valence-corrected chi connectivity index (χ4v) is 6.52. The number of aryl methyl sites for hydroxylation is 6. The lowest BCUT2D eigenvalue weighted by molar-refractivity contribution is 0.268. The largest absolute Gasteiger partial charge is 0.504 e. The number of H-pyrrole nitrogens is 1. The molecule has 0 aliphatic carbocycles. The quantitative estimate of drug-likeness (QED) is 0.263. The van der Waals surface area contributed by atoms with Crippen molar-refractivity contribution in [2.24, 2.45) is 0 Å². The van der Waals surface area contributed by atoms with E-state index in [0.29, 0.717) is 29.9 Å². The highest BCUT2D eigenvalue weighted by Gasteiger charge is 2.24. The molecule has 0 saturated carbocycles. The van der Waals surface area contributed by atoms with Gasteiger partial charge in [-0.05, 0) is 74.9 Å². The second kappa shape index (κ2) is 11.1. The average Bonchev–Trinajstić information content (AvgIpc) is 3.43. The molecule has 10 nitrogen and oxygen atoms in total. The fourth-order valence-electron chi connectivity index (χ4n) is 6.52. The van der Waals surface area contributed by atoms with Crippen molar-refractivity contribution < 1.29 is 9.84 Å². The van der Waals surface area contributed by atoms with Gasteiger partial charge in [-0.25, -0.2) is 0 Å². The number of aromatic hydroxyl groups is 1. The van der Waals surface area contributed by atoms with E-state index < -0.39 is 0 Å². The van der Waals surface area contributed by atoms with Gasteiger partial charge in [0.2, 0.25) is 5.56 Å². The summed E-state index contributed by atoms with van der Waals surface area (Å²) in [5.74, 6) is 0.620. The van der Waals surface area contributed by atoms with E-state index in [1.165, 1.54) is 6.07 Å². The van der Waals surface area contributed by atoms with Crippen LogP contribution in [0.1, 0.15) is 48.9 Å². The lowest BCUT2D eigenvalue weighted by Gasteiger charge is -2.15. The van der Waals surface area contributed by atoms with Gasteiger partial charge in [-0.15, -0.1) is 0 Å². The molecule has 0 amide bonds. The zero-order valence-corrected chi connectivity index (χ0v) is 26.3. The molecule has 1 aliphatic rings. The highest BCUT2D eigenvalue weighted by molar-refractivity contribution is 6.05. The number of nitrogens with zero attached hydrogens (tertiary/aromatic N) is 3. The minimum Gasteiger partial charge on any atom is -0.504 e. The molecule has 2 aromatic carbocycles. The molecule has 0 unspecified atom stereocenters. The molecule has 1 aliphatic heterocycles. The molecule has 10 heteroatoms. The zero-order valence-electron chi connectivity index (χ0n) is 26.3. The molecule has 0 atom stereocenters. The zero-order chi connectivity index (χ0) is 32.3. The summed E-state index contributed by atoms with van der Waals surface area (Å²) in [5.41, 5.74) is 5.46. The molecule has 0 fully saturated rings. The number of fused-ring (bicyclic) bond motifs is 4. The Bertz CT molecular complexity index is 2450. The summed E-state index contributed by atoms with van der Waals surface area (Å²) in [6.07, 6.45) is 1.63. The van der Waals surface area contributed by atoms with Gasteiger partial charge in [0.1, 0.15) is 0 Å². The number of benzene rings is 2. The van der Waals surface area contributed by atoms with Crippen LogP contribution in [0.4, 0.5) is 0 Å². The number of aromatic amines is 1. The molecule has 6 aromatic rings. The van der Waals surface area contributed by atoms with Crippen LogP contribution in [0.5, 0.6) is 11.5 Å². The van der Waals surface area contributed by atoms with Crippen molar-refractivity contribution >= 4 is 43.6 Å². The first-order valence-corrected chi connectivity index (χ1v) is 15.2. The summed E-state index contributed by atoms with van der Waals surface area (Å²) in [6, 6.07) is 10.4. The normalized spacial score (nSPS) is 12.2. The first kappa shape index (κ1) is 29.9. The molecule has 0 spiro atoms. The minimum absolute atomic E-state index is 0.0236. The Kier molecular flexibility index (Phi) is 7.39. The molecular formula is C35H36N4O6. The summed E-state index contributed by atoms with van der Waals surface area (Å²) in [7, 11) is 0. The van der Waals surface area contributed by atoms with Crippen molar-refractivity contribution in [3.63, 3.8) is 0 Å². The predicted octanol–water partition coefficient (Wildman–Crippen LogP) is 5.27. The first-order valence-electron chi connectivity index (χ1n) is 15.2. The molecule has 7 rings (SSSR count). The van der Waals surface area contributed by atoms with E-state index in [1.807, 2.05) is 47.6 Å². The molecule has 0 radical (unpaired) electrons. The van der Waals surface area contributed by atoms with Gasteiger partial charge in [0, 0.05) is 58.9 Å². The number of rotatable bonds is 4. The summed E-state index contributed by atoms with van der Waals surface area (Å²) < 4.78 is 10.8. The van der Waals surface area contributed by atoms with Gasteiger partial charge in [0.25, 0.3) is 16.7 Å². The lowest BCUT2D eigenvalue weighted by atomic mass is 10.0. The third kappa shape index (κ3) is 4.72. The Morgan fingerprint density at radius 2 is 1.16 bits per heavy atom. The molecular weight excluding hydrogens is 572 g/mol. The van der Waals surface area contributed by atoms with Crippen LogP contribution in [-0.4, -0.2) is 23.8 Å². The van der Waals surface area contributed by atoms with Gasteiger partial charge >= 0.3 is 0 Å². The van der Waals surface area contributed by atoms with Crippen molar-refractivity contribution in [1.82, 2.24) is 18.7 Å². The Balaban J connectivity index is 0.000000159. The van der Waals surface area contributed by atoms with E-state index in [2.05, 4.69) is 11.1 Å². The van der Waals surface area contributed by atoms with E-state index in [0.717, 1.165) is 67.7 Å². The maximum absolute atomic E-state index is 12.4.